The van der Waals surface area contributed by atoms with Gasteiger partial charge >= 0.3 is 0 Å². The summed E-state index contributed by atoms with van der Waals surface area (Å²) in [6.07, 6.45) is 7.09. The van der Waals surface area contributed by atoms with Gasteiger partial charge in [0.25, 0.3) is 0 Å². The number of allylic oxidation sites excluding steroid dienone is 2. The second-order valence-electron chi connectivity index (χ2n) is 9.74. The summed E-state index contributed by atoms with van der Waals surface area (Å²) in [5, 5.41) is 0.241. The van der Waals surface area contributed by atoms with Gasteiger partial charge in [0, 0.05) is 4.47 Å². The molecule has 144 valence electrons. The predicted octanol–water partition coefficient (Wildman–Crippen LogP) is 7.99. The van der Waals surface area contributed by atoms with E-state index in [4.69, 9.17) is 4.43 Å². The second kappa shape index (κ2) is 7.77. The molecule has 2 rings (SSSR count). The van der Waals surface area contributed by atoms with Crippen LogP contribution in [0.1, 0.15) is 59.9 Å². The topological polar surface area (TPSA) is 9.23 Å². The monoisotopic (exact) mass is 434 g/mol. The van der Waals surface area contributed by atoms with Gasteiger partial charge < -0.3 is 4.43 Å². The molecule has 1 unspecified atom stereocenters. The molecule has 1 nitrogen and oxygen atoms in total. The minimum absolute atomic E-state index is 0.190. The van der Waals surface area contributed by atoms with E-state index in [2.05, 4.69) is 107 Å². The fourth-order valence-corrected chi connectivity index (χ4v) is 5.15. The maximum absolute atomic E-state index is 6.79. The first-order valence-corrected chi connectivity index (χ1v) is 13.4. The van der Waals surface area contributed by atoms with Gasteiger partial charge in [-0.3, -0.25) is 0 Å². The van der Waals surface area contributed by atoms with Gasteiger partial charge in [-0.2, -0.15) is 0 Å². The van der Waals surface area contributed by atoms with Gasteiger partial charge in [0.1, 0.15) is 0 Å². The van der Waals surface area contributed by atoms with Crippen molar-refractivity contribution >= 4 is 30.3 Å². The van der Waals surface area contributed by atoms with Crippen molar-refractivity contribution < 1.29 is 4.43 Å². The summed E-state index contributed by atoms with van der Waals surface area (Å²) in [6, 6.07) is 8.38. The molecule has 0 saturated heterocycles. The normalized spacial score (nSPS) is 21.5. The van der Waals surface area contributed by atoms with Crippen LogP contribution in [-0.4, -0.2) is 14.4 Å². The van der Waals surface area contributed by atoms with E-state index in [9.17, 15) is 0 Å². The van der Waals surface area contributed by atoms with Crippen molar-refractivity contribution in [1.82, 2.24) is 0 Å². The quantitative estimate of drug-likeness (QED) is 0.436. The molecule has 0 saturated carbocycles. The Kier molecular flexibility index (Phi) is 6.47. The van der Waals surface area contributed by atoms with Crippen LogP contribution < -0.4 is 0 Å². The Morgan fingerprint density at radius 1 is 1.15 bits per heavy atom. The van der Waals surface area contributed by atoms with Crippen LogP contribution in [0.3, 0.4) is 0 Å². The zero-order valence-electron chi connectivity index (χ0n) is 17.7. The molecule has 26 heavy (non-hydrogen) atoms. The summed E-state index contributed by atoms with van der Waals surface area (Å²) < 4.78 is 7.93. The summed E-state index contributed by atoms with van der Waals surface area (Å²) in [4.78, 5) is 0. The second-order valence-corrected chi connectivity index (χ2v) is 15.4. The van der Waals surface area contributed by atoms with E-state index < -0.39 is 8.32 Å². The summed E-state index contributed by atoms with van der Waals surface area (Å²) in [5.41, 5.74) is 4.25. The van der Waals surface area contributed by atoms with Crippen LogP contribution in [0.4, 0.5) is 0 Å². The van der Waals surface area contributed by atoms with E-state index in [1.165, 1.54) is 23.1 Å². The average molecular weight is 436 g/mol. The van der Waals surface area contributed by atoms with E-state index in [0.717, 1.165) is 10.9 Å². The molecule has 0 heterocycles. The third-order valence-corrected chi connectivity index (χ3v) is 11.5. The van der Waals surface area contributed by atoms with E-state index in [-0.39, 0.29) is 16.6 Å². The highest BCUT2D eigenvalue weighted by Crippen LogP contribution is 2.45. The van der Waals surface area contributed by atoms with Gasteiger partial charge in [-0.15, -0.1) is 0 Å². The van der Waals surface area contributed by atoms with Crippen LogP contribution in [0.2, 0.25) is 18.1 Å². The molecule has 0 fully saturated rings. The van der Waals surface area contributed by atoms with E-state index in [1.54, 1.807) is 0 Å². The summed E-state index contributed by atoms with van der Waals surface area (Å²) in [5.74, 6) is 0. The summed E-state index contributed by atoms with van der Waals surface area (Å²) >= 11 is 3.65. The lowest BCUT2D eigenvalue weighted by atomic mass is 9.71. The lowest BCUT2D eigenvalue weighted by Crippen LogP contribution is -2.45. The lowest BCUT2D eigenvalue weighted by molar-refractivity contribution is 0.168. The van der Waals surface area contributed by atoms with Crippen molar-refractivity contribution in [2.24, 2.45) is 5.41 Å². The molecule has 1 aromatic carbocycles. The minimum atomic E-state index is -1.77. The molecule has 1 atom stereocenters. The molecule has 0 aromatic heterocycles. The summed E-state index contributed by atoms with van der Waals surface area (Å²) in [7, 11) is -1.77. The van der Waals surface area contributed by atoms with Crippen molar-refractivity contribution in [2.45, 2.75) is 78.6 Å². The summed E-state index contributed by atoms with van der Waals surface area (Å²) in [6.45, 7) is 18.7. The third kappa shape index (κ3) is 4.79. The Balaban J connectivity index is 2.36. The Bertz CT molecular complexity index is 707. The first-order valence-electron chi connectivity index (χ1n) is 9.67. The molecule has 1 aromatic rings. The Hall–Kier alpha value is -0.643. The fourth-order valence-electron chi connectivity index (χ4n) is 3.37. The highest BCUT2D eigenvalue weighted by molar-refractivity contribution is 9.10. The van der Waals surface area contributed by atoms with Gasteiger partial charge in [0.05, 0.1) is 6.10 Å². The predicted molar refractivity (Wildman–Crippen MR) is 121 cm³/mol. The first kappa shape index (κ1) is 21.7. The van der Waals surface area contributed by atoms with Crippen LogP contribution in [0.15, 0.2) is 46.0 Å². The van der Waals surface area contributed by atoms with Crippen LogP contribution in [-0.2, 0) is 4.43 Å². The van der Waals surface area contributed by atoms with Crippen molar-refractivity contribution in [3.05, 3.63) is 51.5 Å². The van der Waals surface area contributed by atoms with Crippen molar-refractivity contribution in [3.63, 3.8) is 0 Å². The van der Waals surface area contributed by atoms with E-state index in [1.807, 2.05) is 0 Å². The van der Waals surface area contributed by atoms with Gasteiger partial charge in [0.2, 0.25) is 0 Å². The lowest BCUT2D eigenvalue weighted by Gasteiger charge is -2.44. The zero-order valence-corrected chi connectivity index (χ0v) is 20.3. The van der Waals surface area contributed by atoms with E-state index in [0.29, 0.717) is 0 Å². The number of hydrogen-bond acceptors (Lipinski definition) is 1. The largest absolute Gasteiger partial charge is 0.410 e. The Morgan fingerprint density at radius 2 is 1.77 bits per heavy atom. The molecule has 0 radical (unpaired) electrons. The molecular weight excluding hydrogens is 400 g/mol. The van der Waals surface area contributed by atoms with Gasteiger partial charge in [-0.05, 0) is 66.1 Å². The highest BCUT2D eigenvalue weighted by atomic mass is 79.9. The first-order chi connectivity index (χ1) is 11.8. The van der Waals surface area contributed by atoms with Crippen LogP contribution in [0.25, 0.3) is 6.08 Å². The highest BCUT2D eigenvalue weighted by Gasteiger charge is 2.41. The molecule has 3 heteroatoms. The van der Waals surface area contributed by atoms with Crippen molar-refractivity contribution in [2.75, 3.05) is 0 Å². The minimum Gasteiger partial charge on any atom is -0.410 e. The number of halogens is 1. The number of hydrogen-bond donors (Lipinski definition) is 0. The van der Waals surface area contributed by atoms with Crippen LogP contribution >= 0.6 is 15.9 Å². The van der Waals surface area contributed by atoms with Gasteiger partial charge in [-0.1, -0.05) is 80.9 Å². The third-order valence-electron chi connectivity index (χ3n) is 6.25. The smallest absolute Gasteiger partial charge is 0.192 e. The SMILES string of the molecule is CC1=C(/C=C/c2ccccc2Br)C(C)(C)CCC1O[Si](C)(C)C(C)(C)C. The number of rotatable bonds is 4. The molecule has 0 N–H and O–H groups in total. The standard InChI is InChI=1S/C23H35BrOSi/c1-17-19(14-13-18-11-9-10-12-20(18)24)23(5,6)16-15-21(17)25-26(7,8)22(2,3)4/h9-14,21H,15-16H2,1-8H3/b14-13+. The Morgan fingerprint density at radius 3 is 2.35 bits per heavy atom. The number of benzene rings is 1. The maximum atomic E-state index is 6.79. The fraction of sp³-hybridized carbons (Fsp3) is 0.565. The average Bonchev–Trinajstić information content (AvgIpc) is 2.50. The molecule has 0 amide bonds. The van der Waals surface area contributed by atoms with Crippen LogP contribution in [0, 0.1) is 5.41 Å². The van der Waals surface area contributed by atoms with E-state index >= 15 is 0 Å². The zero-order chi connectivity index (χ0) is 19.8. The molecule has 0 spiro atoms. The van der Waals surface area contributed by atoms with Gasteiger partial charge in [0.15, 0.2) is 8.32 Å². The molecular formula is C23H35BrOSi. The maximum Gasteiger partial charge on any atom is 0.192 e. The van der Waals surface area contributed by atoms with Crippen molar-refractivity contribution in [1.29, 1.82) is 0 Å². The van der Waals surface area contributed by atoms with Gasteiger partial charge in [-0.25, -0.2) is 0 Å². The Labute approximate surface area is 170 Å². The molecule has 0 aliphatic heterocycles. The molecule has 1 aliphatic carbocycles. The molecule has 1 aliphatic rings. The molecule has 0 bridgehead atoms. The van der Waals surface area contributed by atoms with Crippen LogP contribution in [0.5, 0.6) is 0 Å². The van der Waals surface area contributed by atoms with Crippen molar-refractivity contribution in [3.8, 4) is 0 Å².